The zero-order chi connectivity index (χ0) is 16.2. The third-order valence-corrected chi connectivity index (χ3v) is 3.44. The van der Waals surface area contributed by atoms with Crippen LogP contribution in [0.3, 0.4) is 0 Å². The number of nitrogens with two attached hydrogens (primary N) is 1. The second-order valence-electron chi connectivity index (χ2n) is 4.96. The van der Waals surface area contributed by atoms with E-state index in [0.717, 1.165) is 17.1 Å². The molecule has 0 amide bonds. The van der Waals surface area contributed by atoms with Gasteiger partial charge in [-0.15, -0.1) is 0 Å². The van der Waals surface area contributed by atoms with Gasteiger partial charge in [0, 0.05) is 0 Å². The fourth-order valence-corrected chi connectivity index (χ4v) is 2.22. The highest BCUT2D eigenvalue weighted by atomic mass is 16.5. The van der Waals surface area contributed by atoms with Crippen molar-refractivity contribution in [2.75, 3.05) is 17.5 Å². The average Bonchev–Trinajstić information content (AvgIpc) is 2.88. The van der Waals surface area contributed by atoms with Crippen LogP contribution in [-0.2, 0) is 0 Å². The maximum absolute atomic E-state index is 8.25. The van der Waals surface area contributed by atoms with Crippen molar-refractivity contribution in [3.63, 3.8) is 0 Å². The maximum Gasteiger partial charge on any atom is 0.167 e. The van der Waals surface area contributed by atoms with Gasteiger partial charge >= 0.3 is 0 Å². The molecule has 5 N–H and O–H groups in total. The molecular weight excluding hydrogens is 292 g/mol. The third-order valence-electron chi connectivity index (χ3n) is 3.44. The highest BCUT2D eigenvalue weighted by Gasteiger charge is 2.32. The Labute approximate surface area is 134 Å². The van der Waals surface area contributed by atoms with Crippen molar-refractivity contribution in [2.45, 2.75) is 6.17 Å². The number of hydrazine groups is 1. The Bertz CT molecular complexity index is 713. The predicted octanol–water partition coefficient (Wildman–Crippen LogP) is 1.75. The largest absolute Gasteiger partial charge is 0.497 e. The van der Waals surface area contributed by atoms with Crippen LogP contribution in [0.25, 0.3) is 0 Å². The Morgan fingerprint density at radius 3 is 2.52 bits per heavy atom. The highest BCUT2D eigenvalue weighted by molar-refractivity contribution is 6.48. The van der Waals surface area contributed by atoms with E-state index < -0.39 is 6.17 Å². The van der Waals surface area contributed by atoms with Gasteiger partial charge in [0.1, 0.15) is 17.6 Å². The van der Waals surface area contributed by atoms with Crippen LogP contribution >= 0.6 is 0 Å². The smallest absolute Gasteiger partial charge is 0.167 e. The molecule has 0 bridgehead atoms. The number of hydrogen-bond donors (Lipinski definition) is 4. The monoisotopic (exact) mass is 310 g/mol. The average molecular weight is 310 g/mol. The van der Waals surface area contributed by atoms with Crippen molar-refractivity contribution in [3.8, 4) is 5.75 Å². The van der Waals surface area contributed by atoms with Crippen LogP contribution in [0.15, 0.2) is 59.7 Å². The number of ether oxygens (including phenoxy) is 1. The Hall–Kier alpha value is -2.90. The molecule has 1 aliphatic rings. The molecule has 1 heterocycles. The van der Waals surface area contributed by atoms with Crippen LogP contribution in [-0.4, -0.2) is 24.8 Å². The van der Waals surface area contributed by atoms with Crippen molar-refractivity contribution in [2.24, 2.45) is 10.8 Å². The van der Waals surface area contributed by atoms with Crippen molar-refractivity contribution in [1.29, 1.82) is 5.41 Å². The van der Waals surface area contributed by atoms with Crippen LogP contribution < -0.4 is 26.3 Å². The molecule has 23 heavy (non-hydrogen) atoms. The van der Waals surface area contributed by atoms with E-state index in [-0.39, 0.29) is 5.84 Å². The molecule has 0 aromatic heterocycles. The number of para-hydroxylation sites is 1. The summed E-state index contributed by atoms with van der Waals surface area (Å²) in [6.45, 7) is 0. The second kappa shape index (κ2) is 6.47. The number of hydrazone groups is 1. The molecule has 2 aromatic rings. The van der Waals surface area contributed by atoms with Crippen molar-refractivity contribution >= 4 is 22.9 Å². The number of benzene rings is 2. The molecule has 2 aromatic carbocycles. The molecule has 0 spiro atoms. The number of anilines is 2. The molecule has 0 aliphatic carbocycles. The zero-order valence-corrected chi connectivity index (χ0v) is 12.7. The summed E-state index contributed by atoms with van der Waals surface area (Å²) in [5.41, 5.74) is 14.0. The van der Waals surface area contributed by atoms with Gasteiger partial charge in [-0.2, -0.15) is 5.10 Å². The summed E-state index contributed by atoms with van der Waals surface area (Å²) in [5, 5.41) is 14.1. The minimum Gasteiger partial charge on any atom is -0.497 e. The van der Waals surface area contributed by atoms with Gasteiger partial charge in [0.25, 0.3) is 0 Å². The van der Waals surface area contributed by atoms with Gasteiger partial charge in [-0.05, 0) is 36.4 Å². The molecule has 118 valence electrons. The first-order valence-electron chi connectivity index (χ1n) is 7.12. The summed E-state index contributed by atoms with van der Waals surface area (Å²) in [6.07, 6.45) is -0.548. The number of amidine groups is 1. The van der Waals surface area contributed by atoms with Crippen molar-refractivity contribution < 1.29 is 4.74 Å². The fourth-order valence-electron chi connectivity index (χ4n) is 2.22. The van der Waals surface area contributed by atoms with Gasteiger partial charge in [-0.25, -0.2) is 5.43 Å². The van der Waals surface area contributed by atoms with Gasteiger partial charge in [-0.3, -0.25) is 15.8 Å². The Morgan fingerprint density at radius 2 is 1.87 bits per heavy atom. The minimum atomic E-state index is -0.548. The van der Waals surface area contributed by atoms with Crippen molar-refractivity contribution in [3.05, 3.63) is 54.6 Å². The van der Waals surface area contributed by atoms with Crippen LogP contribution in [0.4, 0.5) is 11.4 Å². The van der Waals surface area contributed by atoms with Crippen LogP contribution in [0.5, 0.6) is 5.75 Å². The first-order chi connectivity index (χ1) is 11.2. The summed E-state index contributed by atoms with van der Waals surface area (Å²) >= 11 is 0. The molecule has 0 saturated carbocycles. The maximum atomic E-state index is 8.25. The molecule has 7 heteroatoms. The molecule has 0 unspecified atom stereocenters. The van der Waals surface area contributed by atoms with Crippen LogP contribution in [0.2, 0.25) is 0 Å². The second-order valence-corrected chi connectivity index (χ2v) is 4.96. The number of nitrogens with zero attached hydrogens (tertiary/aromatic N) is 2. The van der Waals surface area contributed by atoms with E-state index in [2.05, 4.69) is 16.0 Å². The van der Waals surface area contributed by atoms with E-state index in [4.69, 9.17) is 15.9 Å². The van der Waals surface area contributed by atoms with Gasteiger partial charge in [0.2, 0.25) is 0 Å². The molecule has 1 aliphatic heterocycles. The van der Waals surface area contributed by atoms with Gasteiger partial charge in [-0.1, -0.05) is 18.2 Å². The lowest BCUT2D eigenvalue weighted by Crippen LogP contribution is -2.42. The van der Waals surface area contributed by atoms with Crippen LogP contribution in [0.1, 0.15) is 0 Å². The normalized spacial score (nSPS) is 19.2. The third kappa shape index (κ3) is 3.15. The standard InChI is InChI=1S/C16H18N6O/c1-23-13-9-7-11(8-10-13)19-20-14-15(17)21-22(16(14)18)12-5-3-2-4-6-12/h2-10,15,18-19,21H,17H2,1H3/b18-16?,20-14+/t15-/m1/s1. The molecule has 3 rings (SSSR count). The van der Waals surface area contributed by atoms with Gasteiger partial charge in [0.15, 0.2) is 5.84 Å². The van der Waals surface area contributed by atoms with Crippen LogP contribution in [0, 0.1) is 5.41 Å². The Morgan fingerprint density at radius 1 is 1.17 bits per heavy atom. The van der Waals surface area contributed by atoms with E-state index in [1.807, 2.05) is 54.6 Å². The van der Waals surface area contributed by atoms with Crippen molar-refractivity contribution in [1.82, 2.24) is 5.43 Å². The minimum absolute atomic E-state index is 0.213. The van der Waals surface area contributed by atoms with Gasteiger partial charge in [0.05, 0.1) is 18.5 Å². The number of nitrogens with one attached hydrogen (secondary N) is 3. The van der Waals surface area contributed by atoms with E-state index in [9.17, 15) is 0 Å². The number of methoxy groups -OCH3 is 1. The summed E-state index contributed by atoms with van der Waals surface area (Å²) in [6, 6.07) is 16.9. The van der Waals surface area contributed by atoms with E-state index in [1.165, 1.54) is 0 Å². The topological polar surface area (TPSA) is 98.8 Å². The summed E-state index contributed by atoms with van der Waals surface area (Å²) < 4.78 is 5.11. The summed E-state index contributed by atoms with van der Waals surface area (Å²) in [7, 11) is 1.62. The summed E-state index contributed by atoms with van der Waals surface area (Å²) in [5.74, 6) is 0.982. The molecule has 1 atom stereocenters. The first kappa shape index (κ1) is 15.0. The lowest BCUT2D eigenvalue weighted by atomic mass is 10.3. The molecule has 1 fully saturated rings. The van der Waals surface area contributed by atoms with E-state index >= 15 is 0 Å². The molecule has 1 saturated heterocycles. The summed E-state index contributed by atoms with van der Waals surface area (Å²) in [4.78, 5) is 0. The fraction of sp³-hybridized carbons (Fsp3) is 0.125. The van der Waals surface area contributed by atoms with E-state index in [0.29, 0.717) is 5.71 Å². The van der Waals surface area contributed by atoms with Gasteiger partial charge < -0.3 is 10.5 Å². The SMILES string of the molecule is COc1ccc(N/N=C2/C(=N)N(c3ccccc3)N[C@H]2N)cc1. The number of rotatable bonds is 4. The molecule has 0 radical (unpaired) electrons. The molecular formula is C16H18N6O. The Balaban J connectivity index is 1.75. The quantitative estimate of drug-likeness (QED) is 0.645. The lowest BCUT2D eigenvalue weighted by molar-refractivity contribution is 0.415. The molecule has 7 nitrogen and oxygen atoms in total. The highest BCUT2D eigenvalue weighted by Crippen LogP contribution is 2.18. The predicted molar refractivity (Wildman–Crippen MR) is 91.8 cm³/mol. The Kier molecular flexibility index (Phi) is 4.22. The zero-order valence-electron chi connectivity index (χ0n) is 12.7. The first-order valence-corrected chi connectivity index (χ1v) is 7.12. The number of hydrogen-bond acceptors (Lipinski definition) is 6. The lowest BCUT2D eigenvalue weighted by Gasteiger charge is -2.17. The van der Waals surface area contributed by atoms with E-state index in [1.54, 1.807) is 12.1 Å².